The minimum atomic E-state index is -0.360. The highest BCUT2D eigenvalue weighted by Crippen LogP contribution is 2.28. The molecule has 0 aromatic carbocycles. The number of nitrogens with one attached hydrogen (secondary N) is 3. The van der Waals surface area contributed by atoms with Gasteiger partial charge in [-0.1, -0.05) is 25.9 Å². The minimum absolute atomic E-state index is 0.0184. The first kappa shape index (κ1) is 24.8. The highest BCUT2D eigenvalue weighted by atomic mass is 16.5. The Morgan fingerprint density at radius 1 is 1.26 bits per heavy atom. The average molecular weight is 468 g/mol. The van der Waals surface area contributed by atoms with Gasteiger partial charge in [-0.15, -0.1) is 5.10 Å². The number of nitrogens with zero attached hydrogens (tertiary/aromatic N) is 4. The monoisotopic (exact) mass is 467 g/mol. The fourth-order valence-electron chi connectivity index (χ4n) is 3.01. The Labute approximate surface area is 197 Å². The molecule has 3 heterocycles. The van der Waals surface area contributed by atoms with Gasteiger partial charge in [0.2, 0.25) is 5.88 Å². The summed E-state index contributed by atoms with van der Waals surface area (Å²) in [6.45, 7) is 8.62. The summed E-state index contributed by atoms with van der Waals surface area (Å²) in [5.41, 5.74) is 1.66. The standard InChI is InChI=1S/C23H29N7O4/c1-14-10-18(29-34-14)20(25)30-19(24)11-17(23(2,3)4)22(28-30)33-13-16-7-6-15(12-27-16)21(31)26-8-9-32-5/h6-7,10-12,24-25H,8-9,13H2,1-5H3,(H,26,31). The van der Waals surface area contributed by atoms with Crippen molar-refractivity contribution in [1.29, 1.82) is 10.8 Å². The first-order valence-electron chi connectivity index (χ1n) is 10.7. The Hall–Kier alpha value is -3.86. The quantitative estimate of drug-likeness (QED) is 0.261. The van der Waals surface area contributed by atoms with Gasteiger partial charge in [0.15, 0.2) is 11.5 Å². The zero-order valence-electron chi connectivity index (χ0n) is 19.9. The lowest BCUT2D eigenvalue weighted by atomic mass is 9.88. The van der Waals surface area contributed by atoms with Gasteiger partial charge in [0.05, 0.1) is 17.9 Å². The Morgan fingerprint density at radius 3 is 2.62 bits per heavy atom. The van der Waals surface area contributed by atoms with Gasteiger partial charge in [0.25, 0.3) is 5.91 Å². The van der Waals surface area contributed by atoms with Crippen LogP contribution in [0.5, 0.6) is 5.88 Å². The van der Waals surface area contributed by atoms with Crippen molar-refractivity contribution in [2.75, 3.05) is 20.3 Å². The molecule has 3 N–H and O–H groups in total. The number of hydrogen-bond acceptors (Lipinski definition) is 9. The molecule has 0 spiro atoms. The molecule has 0 aliphatic heterocycles. The van der Waals surface area contributed by atoms with Crippen molar-refractivity contribution < 1.29 is 18.8 Å². The lowest BCUT2D eigenvalue weighted by Gasteiger charge is -2.22. The Kier molecular flexibility index (Phi) is 7.57. The smallest absolute Gasteiger partial charge is 0.252 e. The van der Waals surface area contributed by atoms with Crippen LogP contribution in [0.15, 0.2) is 35.0 Å². The number of hydrogen-bond donors (Lipinski definition) is 3. The summed E-state index contributed by atoms with van der Waals surface area (Å²) in [4.78, 5) is 16.4. The molecule has 0 atom stereocenters. The van der Waals surface area contributed by atoms with E-state index in [1.165, 1.54) is 6.20 Å². The van der Waals surface area contributed by atoms with Gasteiger partial charge in [-0.05, 0) is 30.5 Å². The first-order valence-corrected chi connectivity index (χ1v) is 10.7. The zero-order valence-corrected chi connectivity index (χ0v) is 19.9. The van der Waals surface area contributed by atoms with Crippen LogP contribution in [0.2, 0.25) is 0 Å². The highest BCUT2D eigenvalue weighted by molar-refractivity contribution is 5.95. The number of amides is 1. The molecular formula is C23H29N7O4. The second kappa shape index (κ2) is 10.4. The van der Waals surface area contributed by atoms with E-state index in [0.717, 1.165) is 4.68 Å². The lowest BCUT2D eigenvalue weighted by Crippen LogP contribution is -2.32. The molecule has 0 aliphatic rings. The van der Waals surface area contributed by atoms with Gasteiger partial charge < -0.3 is 19.3 Å². The van der Waals surface area contributed by atoms with Gasteiger partial charge >= 0.3 is 0 Å². The predicted molar refractivity (Wildman–Crippen MR) is 123 cm³/mol. The van der Waals surface area contributed by atoms with Gasteiger partial charge in [0.1, 0.15) is 17.9 Å². The number of methoxy groups -OCH3 is 1. The zero-order chi connectivity index (χ0) is 24.9. The third-order valence-corrected chi connectivity index (χ3v) is 4.86. The molecule has 3 aromatic heterocycles. The number of carbonyl (C=O) groups excluding carboxylic acids is 1. The van der Waals surface area contributed by atoms with Gasteiger partial charge in [0, 0.05) is 31.5 Å². The van der Waals surface area contributed by atoms with Gasteiger partial charge in [-0.2, -0.15) is 4.68 Å². The van der Waals surface area contributed by atoms with Crippen molar-refractivity contribution >= 4 is 11.7 Å². The van der Waals surface area contributed by atoms with Crippen LogP contribution in [0.3, 0.4) is 0 Å². The van der Waals surface area contributed by atoms with Crippen LogP contribution >= 0.6 is 0 Å². The second-order valence-electron chi connectivity index (χ2n) is 8.66. The fourth-order valence-corrected chi connectivity index (χ4v) is 3.01. The van der Waals surface area contributed by atoms with Crippen LogP contribution in [-0.4, -0.2) is 51.9 Å². The van der Waals surface area contributed by atoms with Crippen molar-refractivity contribution in [3.63, 3.8) is 0 Å². The molecule has 11 nitrogen and oxygen atoms in total. The predicted octanol–water partition coefficient (Wildman–Crippen LogP) is 2.18. The third-order valence-electron chi connectivity index (χ3n) is 4.86. The number of carbonyl (C=O) groups is 1. The van der Waals surface area contributed by atoms with Crippen LogP contribution in [0, 0.1) is 17.7 Å². The van der Waals surface area contributed by atoms with E-state index in [9.17, 15) is 4.79 Å². The summed E-state index contributed by atoms with van der Waals surface area (Å²) in [5.74, 6) is 0.490. The van der Waals surface area contributed by atoms with Crippen molar-refractivity contribution in [1.82, 2.24) is 25.2 Å². The van der Waals surface area contributed by atoms with Crippen LogP contribution in [0.4, 0.5) is 0 Å². The van der Waals surface area contributed by atoms with Crippen molar-refractivity contribution in [3.05, 3.63) is 64.2 Å². The normalized spacial score (nSPS) is 11.3. The van der Waals surface area contributed by atoms with Crippen molar-refractivity contribution in [2.24, 2.45) is 0 Å². The molecule has 0 aliphatic carbocycles. The first-order chi connectivity index (χ1) is 16.1. The molecule has 0 bridgehead atoms. The summed E-state index contributed by atoms with van der Waals surface area (Å²) in [7, 11) is 1.57. The summed E-state index contributed by atoms with van der Waals surface area (Å²) >= 11 is 0. The van der Waals surface area contributed by atoms with E-state index in [1.54, 1.807) is 38.3 Å². The van der Waals surface area contributed by atoms with E-state index in [-0.39, 0.29) is 40.8 Å². The van der Waals surface area contributed by atoms with Crippen molar-refractivity contribution in [2.45, 2.75) is 39.7 Å². The Bertz CT molecular complexity index is 1220. The number of ether oxygens (including phenoxy) is 2. The number of rotatable bonds is 8. The molecule has 0 radical (unpaired) electrons. The van der Waals surface area contributed by atoms with Crippen LogP contribution in [-0.2, 0) is 16.8 Å². The molecule has 180 valence electrons. The van der Waals surface area contributed by atoms with E-state index in [2.05, 4.69) is 20.6 Å². The second-order valence-corrected chi connectivity index (χ2v) is 8.66. The Morgan fingerprint density at radius 2 is 2.03 bits per heavy atom. The van der Waals surface area contributed by atoms with Gasteiger partial charge in [-0.25, -0.2) is 0 Å². The SMILES string of the molecule is COCCNC(=O)c1ccc(COc2nn(C(=N)c3cc(C)on3)c(=N)cc2C(C)(C)C)nc1. The number of aromatic nitrogens is 4. The third kappa shape index (κ3) is 5.93. The lowest BCUT2D eigenvalue weighted by molar-refractivity contribution is 0.0936. The summed E-state index contributed by atoms with van der Waals surface area (Å²) in [5, 5.41) is 27.8. The molecule has 0 unspecified atom stereocenters. The van der Waals surface area contributed by atoms with Crippen LogP contribution < -0.4 is 15.5 Å². The van der Waals surface area contributed by atoms with Crippen molar-refractivity contribution in [3.8, 4) is 5.88 Å². The maximum atomic E-state index is 12.1. The molecule has 0 saturated heterocycles. The maximum absolute atomic E-state index is 12.1. The average Bonchev–Trinajstić information content (AvgIpc) is 3.23. The molecule has 11 heteroatoms. The van der Waals surface area contributed by atoms with Gasteiger partial charge in [-0.3, -0.25) is 20.6 Å². The van der Waals surface area contributed by atoms with Crippen LogP contribution in [0.1, 0.15) is 53.8 Å². The molecule has 1 amide bonds. The molecule has 34 heavy (non-hydrogen) atoms. The summed E-state index contributed by atoms with van der Waals surface area (Å²) in [6, 6.07) is 6.60. The topological polar surface area (TPSA) is 152 Å². The maximum Gasteiger partial charge on any atom is 0.252 e. The summed E-state index contributed by atoms with van der Waals surface area (Å²) < 4.78 is 17.1. The largest absolute Gasteiger partial charge is 0.470 e. The summed E-state index contributed by atoms with van der Waals surface area (Å²) in [6.07, 6.45) is 1.48. The van der Waals surface area contributed by atoms with E-state index in [0.29, 0.717) is 35.7 Å². The molecule has 3 rings (SSSR count). The number of pyridine rings is 1. The number of aryl methyl sites for hydroxylation is 1. The van der Waals surface area contributed by atoms with Crippen LogP contribution in [0.25, 0.3) is 0 Å². The molecule has 0 saturated carbocycles. The fraction of sp³-hybridized carbons (Fsp3) is 0.391. The highest BCUT2D eigenvalue weighted by Gasteiger charge is 2.23. The molecule has 0 fully saturated rings. The van der Waals surface area contributed by atoms with E-state index >= 15 is 0 Å². The minimum Gasteiger partial charge on any atom is -0.470 e. The molecule has 3 aromatic rings. The van der Waals surface area contributed by atoms with E-state index < -0.39 is 0 Å². The Balaban J connectivity index is 1.82. The van der Waals surface area contributed by atoms with E-state index in [1.807, 2.05) is 20.8 Å². The van der Waals surface area contributed by atoms with E-state index in [4.69, 9.17) is 24.8 Å². The molecular weight excluding hydrogens is 438 g/mol.